The number of rotatable bonds is 4. The Balaban J connectivity index is 2.33. The first-order valence-corrected chi connectivity index (χ1v) is 9.32. The van der Waals surface area contributed by atoms with Crippen LogP contribution in [0.2, 0.25) is 0 Å². The maximum absolute atomic E-state index is 11.1. The summed E-state index contributed by atoms with van der Waals surface area (Å²) in [5.41, 5.74) is -0.196. The first-order valence-electron chi connectivity index (χ1n) is 9.32. The van der Waals surface area contributed by atoms with Gasteiger partial charge < -0.3 is 20.4 Å². The van der Waals surface area contributed by atoms with Crippen LogP contribution in [0.4, 0.5) is 0 Å². The van der Waals surface area contributed by atoms with Gasteiger partial charge in [0.2, 0.25) is 0 Å². The topological polar surface area (TPSA) is 80.9 Å². The average molecular weight is 341 g/mol. The molecule has 0 amide bonds. The Bertz CT molecular complexity index is 482. The number of fused-ring (bicyclic) bond motifs is 1. The second kappa shape index (κ2) is 6.71. The first kappa shape index (κ1) is 19.9. The molecule has 0 saturated heterocycles. The molecule has 2 aliphatic carbocycles. The van der Waals surface area contributed by atoms with Gasteiger partial charge in [0.25, 0.3) is 0 Å². The van der Waals surface area contributed by atoms with Gasteiger partial charge in [0, 0.05) is 0 Å². The van der Waals surface area contributed by atoms with Crippen LogP contribution in [0.25, 0.3) is 0 Å². The lowest BCUT2D eigenvalue weighted by Gasteiger charge is -2.63. The van der Waals surface area contributed by atoms with Crippen LogP contribution >= 0.6 is 0 Å². The molecule has 6 unspecified atom stereocenters. The van der Waals surface area contributed by atoms with Gasteiger partial charge in [-0.25, -0.2) is 0 Å². The van der Waals surface area contributed by atoms with Crippen molar-refractivity contribution >= 4 is 0 Å². The maximum atomic E-state index is 11.1. The van der Waals surface area contributed by atoms with E-state index in [4.69, 9.17) is 5.11 Å². The Labute approximate surface area is 146 Å². The van der Waals surface area contributed by atoms with Crippen LogP contribution in [0.3, 0.4) is 0 Å². The molecule has 4 N–H and O–H groups in total. The van der Waals surface area contributed by atoms with Crippen molar-refractivity contribution in [1.82, 2.24) is 0 Å². The van der Waals surface area contributed by atoms with Gasteiger partial charge in [0.15, 0.2) is 0 Å². The molecule has 140 valence electrons. The molecule has 24 heavy (non-hydrogen) atoms. The summed E-state index contributed by atoms with van der Waals surface area (Å²) in [4.78, 5) is 0. The number of aliphatic hydroxyl groups excluding tert-OH is 3. The molecule has 2 aliphatic rings. The van der Waals surface area contributed by atoms with Crippen molar-refractivity contribution in [2.24, 2.45) is 22.7 Å². The van der Waals surface area contributed by atoms with Gasteiger partial charge in [-0.2, -0.15) is 0 Å². The van der Waals surface area contributed by atoms with Crippen molar-refractivity contribution in [3.63, 3.8) is 0 Å². The number of hydrogen-bond donors (Lipinski definition) is 4. The molecular formula is C20H36O4. The highest BCUT2D eigenvalue weighted by Gasteiger charge is 2.62. The van der Waals surface area contributed by atoms with Crippen molar-refractivity contribution < 1.29 is 20.4 Å². The summed E-state index contributed by atoms with van der Waals surface area (Å²) in [5.74, 6) is 0.336. The quantitative estimate of drug-likeness (QED) is 0.593. The molecule has 0 aromatic carbocycles. The molecule has 2 rings (SSSR count). The van der Waals surface area contributed by atoms with Gasteiger partial charge in [0.1, 0.15) is 0 Å². The molecule has 0 heterocycles. The molecule has 0 aromatic rings. The van der Waals surface area contributed by atoms with E-state index in [1.165, 1.54) is 0 Å². The maximum Gasteiger partial charge on any atom is 0.0852 e. The highest BCUT2D eigenvalue weighted by molar-refractivity contribution is 5.12. The molecule has 4 heteroatoms. The number of hydrogen-bond acceptors (Lipinski definition) is 4. The summed E-state index contributed by atoms with van der Waals surface area (Å²) in [6, 6.07) is 0. The summed E-state index contributed by atoms with van der Waals surface area (Å²) >= 11 is 0. The van der Waals surface area contributed by atoms with E-state index in [9.17, 15) is 15.3 Å². The highest BCUT2D eigenvalue weighted by atomic mass is 16.3. The second-order valence-electron chi connectivity index (χ2n) is 9.32. The van der Waals surface area contributed by atoms with Gasteiger partial charge in [0.05, 0.1) is 24.4 Å². The molecule has 6 atom stereocenters. The van der Waals surface area contributed by atoms with Crippen LogP contribution in [-0.2, 0) is 0 Å². The first-order chi connectivity index (χ1) is 11.0. The SMILES string of the molecule is CC(=CCO)CCC1C(C)(O)CCC2C(C)(C)C(O)C(O)CC12C. The van der Waals surface area contributed by atoms with Crippen LogP contribution in [0, 0.1) is 22.7 Å². The Morgan fingerprint density at radius 1 is 1.17 bits per heavy atom. The Morgan fingerprint density at radius 3 is 2.38 bits per heavy atom. The smallest absolute Gasteiger partial charge is 0.0852 e. The van der Waals surface area contributed by atoms with Gasteiger partial charge in [-0.05, 0) is 68.6 Å². The lowest BCUT2D eigenvalue weighted by Crippen LogP contribution is -2.64. The summed E-state index contributed by atoms with van der Waals surface area (Å²) in [6.07, 6.45) is 4.17. The summed E-state index contributed by atoms with van der Waals surface area (Å²) in [5, 5.41) is 41.2. The van der Waals surface area contributed by atoms with Gasteiger partial charge >= 0.3 is 0 Å². The fraction of sp³-hybridized carbons (Fsp3) is 0.900. The largest absolute Gasteiger partial charge is 0.392 e. The third-order valence-electron chi connectivity index (χ3n) is 7.22. The van der Waals surface area contributed by atoms with Gasteiger partial charge in [-0.1, -0.05) is 32.4 Å². The molecule has 0 bridgehead atoms. The Hall–Kier alpha value is -0.420. The van der Waals surface area contributed by atoms with Gasteiger partial charge in [-0.3, -0.25) is 0 Å². The molecule has 0 spiro atoms. The van der Waals surface area contributed by atoms with Crippen molar-refractivity contribution in [1.29, 1.82) is 0 Å². The highest BCUT2D eigenvalue weighted by Crippen LogP contribution is 2.63. The summed E-state index contributed by atoms with van der Waals surface area (Å²) < 4.78 is 0. The van der Waals surface area contributed by atoms with Crippen molar-refractivity contribution in [2.45, 2.75) is 84.5 Å². The van der Waals surface area contributed by atoms with Crippen LogP contribution in [0.1, 0.15) is 66.7 Å². The van der Waals surface area contributed by atoms with Crippen molar-refractivity contribution in [3.05, 3.63) is 11.6 Å². The van der Waals surface area contributed by atoms with E-state index in [1.54, 1.807) is 0 Å². The normalized spacial score (nSPS) is 45.8. The Morgan fingerprint density at radius 2 is 1.79 bits per heavy atom. The molecule has 0 aromatic heterocycles. The molecule has 0 aliphatic heterocycles. The Kier molecular flexibility index (Phi) is 5.57. The van der Waals surface area contributed by atoms with Crippen LogP contribution in [-0.4, -0.2) is 44.8 Å². The lowest BCUT2D eigenvalue weighted by molar-refractivity contribution is -0.226. The van der Waals surface area contributed by atoms with Crippen molar-refractivity contribution in [2.75, 3.05) is 6.61 Å². The van der Waals surface area contributed by atoms with E-state index in [1.807, 2.05) is 19.9 Å². The zero-order valence-electron chi connectivity index (χ0n) is 15.9. The van der Waals surface area contributed by atoms with E-state index in [0.29, 0.717) is 6.42 Å². The molecular weight excluding hydrogens is 304 g/mol. The molecule has 2 saturated carbocycles. The van der Waals surface area contributed by atoms with E-state index in [2.05, 4.69) is 20.8 Å². The van der Waals surface area contributed by atoms with E-state index >= 15 is 0 Å². The standard InChI is InChI=1S/C20H36O4/c1-13(9-11-21)6-7-16-19(4)12-14(22)17(23)18(2,3)15(19)8-10-20(16,5)24/h9,14-17,21-24H,6-8,10-12H2,1-5H3. The average Bonchev–Trinajstić information content (AvgIpc) is 2.43. The number of aliphatic hydroxyl groups is 4. The summed E-state index contributed by atoms with van der Waals surface area (Å²) in [6.45, 7) is 10.3. The van der Waals surface area contributed by atoms with Crippen LogP contribution < -0.4 is 0 Å². The van der Waals surface area contributed by atoms with Crippen LogP contribution in [0.5, 0.6) is 0 Å². The zero-order chi connectivity index (χ0) is 18.3. The van der Waals surface area contributed by atoms with E-state index in [-0.39, 0.29) is 29.3 Å². The van der Waals surface area contributed by atoms with E-state index < -0.39 is 17.8 Å². The monoisotopic (exact) mass is 340 g/mol. The third kappa shape index (κ3) is 3.31. The van der Waals surface area contributed by atoms with Gasteiger partial charge in [-0.15, -0.1) is 0 Å². The van der Waals surface area contributed by atoms with Crippen LogP contribution in [0.15, 0.2) is 11.6 Å². The fourth-order valence-corrected chi connectivity index (χ4v) is 5.93. The minimum atomic E-state index is -0.761. The fourth-order valence-electron chi connectivity index (χ4n) is 5.93. The van der Waals surface area contributed by atoms with Crippen molar-refractivity contribution in [3.8, 4) is 0 Å². The third-order valence-corrected chi connectivity index (χ3v) is 7.22. The lowest BCUT2D eigenvalue weighted by atomic mass is 9.44. The zero-order valence-corrected chi connectivity index (χ0v) is 15.9. The van der Waals surface area contributed by atoms with E-state index in [0.717, 1.165) is 31.3 Å². The minimum Gasteiger partial charge on any atom is -0.392 e. The predicted molar refractivity (Wildman–Crippen MR) is 95.4 cm³/mol. The molecule has 4 nitrogen and oxygen atoms in total. The number of allylic oxidation sites excluding steroid dienone is 1. The second-order valence-corrected chi connectivity index (χ2v) is 9.32. The molecule has 2 fully saturated rings. The molecule has 0 radical (unpaired) electrons. The summed E-state index contributed by atoms with van der Waals surface area (Å²) in [7, 11) is 0. The predicted octanol–water partition coefficient (Wildman–Crippen LogP) is 2.64. The minimum absolute atomic E-state index is 0.0464.